The second kappa shape index (κ2) is 5.17. The summed E-state index contributed by atoms with van der Waals surface area (Å²) in [5, 5.41) is 8.93. The quantitative estimate of drug-likeness (QED) is 0.739. The molecule has 0 bridgehead atoms. The fraction of sp³-hybridized carbons (Fsp3) is 0.125. The van der Waals surface area contributed by atoms with Gasteiger partial charge in [-0.05, 0) is 30.3 Å². The van der Waals surface area contributed by atoms with E-state index in [1.54, 1.807) is 26.5 Å². The van der Waals surface area contributed by atoms with Crippen molar-refractivity contribution < 1.29 is 9.47 Å². The average Bonchev–Trinajstić information content (AvgIpc) is 2.96. The van der Waals surface area contributed by atoms with Gasteiger partial charge in [-0.25, -0.2) is 4.98 Å². The standard InChI is InChI=1S/C16H13N3O2/c1-20-14-5-4-12(7-15(14)21-2)13-10-19-9-11(8-17)3-6-16(19)18-13/h3-7,9-10H,1-2H3. The first-order chi connectivity index (χ1) is 10.2. The summed E-state index contributed by atoms with van der Waals surface area (Å²) in [6, 6.07) is 11.3. The van der Waals surface area contributed by atoms with E-state index in [0.29, 0.717) is 17.1 Å². The predicted molar refractivity (Wildman–Crippen MR) is 78.4 cm³/mol. The number of nitrogens with zero attached hydrogens (tertiary/aromatic N) is 3. The Morgan fingerprint density at radius 1 is 1.05 bits per heavy atom. The molecule has 2 aromatic heterocycles. The van der Waals surface area contributed by atoms with Gasteiger partial charge in [0.15, 0.2) is 11.5 Å². The van der Waals surface area contributed by atoms with E-state index in [9.17, 15) is 0 Å². The zero-order valence-electron chi connectivity index (χ0n) is 11.7. The number of benzene rings is 1. The van der Waals surface area contributed by atoms with Gasteiger partial charge in [-0.15, -0.1) is 0 Å². The van der Waals surface area contributed by atoms with Crippen LogP contribution in [0.3, 0.4) is 0 Å². The molecule has 0 saturated heterocycles. The van der Waals surface area contributed by atoms with Crippen molar-refractivity contribution in [3.8, 4) is 28.8 Å². The van der Waals surface area contributed by atoms with Gasteiger partial charge in [0.2, 0.25) is 0 Å². The number of methoxy groups -OCH3 is 2. The Kier molecular flexibility index (Phi) is 3.20. The van der Waals surface area contributed by atoms with Gasteiger partial charge in [0.1, 0.15) is 11.7 Å². The second-order valence-electron chi connectivity index (χ2n) is 4.49. The van der Waals surface area contributed by atoms with Crippen LogP contribution in [0.2, 0.25) is 0 Å². The monoisotopic (exact) mass is 279 g/mol. The van der Waals surface area contributed by atoms with E-state index >= 15 is 0 Å². The molecule has 0 saturated carbocycles. The minimum Gasteiger partial charge on any atom is -0.493 e. The number of rotatable bonds is 3. The molecule has 3 rings (SSSR count). The van der Waals surface area contributed by atoms with Gasteiger partial charge in [-0.1, -0.05) is 0 Å². The van der Waals surface area contributed by atoms with Crippen molar-refractivity contribution in [2.75, 3.05) is 14.2 Å². The first-order valence-corrected chi connectivity index (χ1v) is 6.36. The van der Waals surface area contributed by atoms with Crippen LogP contribution in [0.25, 0.3) is 16.9 Å². The van der Waals surface area contributed by atoms with Crippen molar-refractivity contribution in [2.45, 2.75) is 0 Å². The van der Waals surface area contributed by atoms with Gasteiger partial charge in [-0.3, -0.25) is 0 Å². The molecule has 1 aromatic carbocycles. The molecule has 0 N–H and O–H groups in total. The zero-order valence-corrected chi connectivity index (χ0v) is 11.7. The predicted octanol–water partition coefficient (Wildman–Crippen LogP) is 2.89. The molecule has 0 aliphatic rings. The number of hydrogen-bond acceptors (Lipinski definition) is 4. The van der Waals surface area contributed by atoms with Crippen LogP contribution in [0.4, 0.5) is 0 Å². The Morgan fingerprint density at radius 3 is 2.57 bits per heavy atom. The molecular formula is C16H13N3O2. The van der Waals surface area contributed by atoms with Crippen LogP contribution in [0.15, 0.2) is 42.7 Å². The van der Waals surface area contributed by atoms with Gasteiger partial charge in [0.25, 0.3) is 0 Å². The van der Waals surface area contributed by atoms with Crippen LogP contribution in [0.5, 0.6) is 11.5 Å². The summed E-state index contributed by atoms with van der Waals surface area (Å²) in [5.41, 5.74) is 3.12. The number of imidazole rings is 1. The topological polar surface area (TPSA) is 59.5 Å². The Labute approximate surface area is 122 Å². The Balaban J connectivity index is 2.10. The van der Waals surface area contributed by atoms with Crippen molar-refractivity contribution in [1.29, 1.82) is 5.26 Å². The minimum absolute atomic E-state index is 0.596. The molecule has 2 heterocycles. The Morgan fingerprint density at radius 2 is 1.86 bits per heavy atom. The largest absolute Gasteiger partial charge is 0.493 e. The van der Waals surface area contributed by atoms with E-state index in [4.69, 9.17) is 14.7 Å². The van der Waals surface area contributed by atoms with Gasteiger partial charge in [-0.2, -0.15) is 5.26 Å². The molecule has 0 radical (unpaired) electrons. The molecule has 0 atom stereocenters. The third-order valence-corrected chi connectivity index (χ3v) is 3.26. The lowest BCUT2D eigenvalue weighted by Crippen LogP contribution is -1.90. The lowest BCUT2D eigenvalue weighted by atomic mass is 10.1. The Hall–Kier alpha value is -3.00. The molecular weight excluding hydrogens is 266 g/mol. The highest BCUT2D eigenvalue weighted by Crippen LogP contribution is 2.31. The molecule has 0 fully saturated rings. The van der Waals surface area contributed by atoms with Crippen molar-refractivity contribution in [2.24, 2.45) is 0 Å². The number of ether oxygens (including phenoxy) is 2. The van der Waals surface area contributed by atoms with E-state index in [1.807, 2.05) is 34.9 Å². The zero-order chi connectivity index (χ0) is 14.8. The SMILES string of the molecule is COc1ccc(-c2cn3cc(C#N)ccc3n2)cc1OC. The third kappa shape index (κ3) is 2.28. The molecule has 3 aromatic rings. The van der Waals surface area contributed by atoms with Crippen LogP contribution < -0.4 is 9.47 Å². The Bertz CT molecular complexity index is 846. The van der Waals surface area contributed by atoms with Crippen LogP contribution in [0, 0.1) is 11.3 Å². The molecule has 0 unspecified atom stereocenters. The summed E-state index contributed by atoms with van der Waals surface area (Å²) in [7, 11) is 3.20. The van der Waals surface area contributed by atoms with Gasteiger partial charge in [0, 0.05) is 18.0 Å². The first kappa shape index (κ1) is 13.0. The van der Waals surface area contributed by atoms with Crippen molar-refractivity contribution in [3.05, 3.63) is 48.3 Å². The molecule has 104 valence electrons. The fourth-order valence-corrected chi connectivity index (χ4v) is 2.19. The molecule has 5 nitrogen and oxygen atoms in total. The lowest BCUT2D eigenvalue weighted by Gasteiger charge is -2.08. The summed E-state index contributed by atoms with van der Waals surface area (Å²) in [5.74, 6) is 1.33. The fourth-order valence-electron chi connectivity index (χ4n) is 2.19. The number of pyridine rings is 1. The second-order valence-corrected chi connectivity index (χ2v) is 4.49. The van der Waals surface area contributed by atoms with Crippen molar-refractivity contribution >= 4 is 5.65 Å². The van der Waals surface area contributed by atoms with Crippen LogP contribution in [0.1, 0.15) is 5.56 Å². The van der Waals surface area contributed by atoms with Crippen LogP contribution in [-0.2, 0) is 0 Å². The van der Waals surface area contributed by atoms with E-state index in [0.717, 1.165) is 16.9 Å². The summed E-state index contributed by atoms with van der Waals surface area (Å²) in [6.45, 7) is 0. The van der Waals surface area contributed by atoms with Crippen molar-refractivity contribution in [1.82, 2.24) is 9.38 Å². The number of fused-ring (bicyclic) bond motifs is 1. The van der Waals surface area contributed by atoms with Gasteiger partial charge in [0.05, 0.1) is 25.5 Å². The lowest BCUT2D eigenvalue weighted by molar-refractivity contribution is 0.355. The van der Waals surface area contributed by atoms with E-state index in [1.165, 1.54) is 0 Å². The minimum atomic E-state index is 0.596. The summed E-state index contributed by atoms with van der Waals surface area (Å²) in [6.07, 6.45) is 3.64. The molecule has 0 amide bonds. The maximum Gasteiger partial charge on any atom is 0.161 e. The van der Waals surface area contributed by atoms with Crippen LogP contribution >= 0.6 is 0 Å². The highest BCUT2D eigenvalue weighted by atomic mass is 16.5. The molecule has 0 aliphatic carbocycles. The maximum absolute atomic E-state index is 8.93. The highest BCUT2D eigenvalue weighted by molar-refractivity contribution is 5.66. The smallest absolute Gasteiger partial charge is 0.161 e. The van der Waals surface area contributed by atoms with Gasteiger partial charge >= 0.3 is 0 Å². The molecule has 0 aliphatic heterocycles. The maximum atomic E-state index is 8.93. The summed E-state index contributed by atoms with van der Waals surface area (Å²) >= 11 is 0. The average molecular weight is 279 g/mol. The third-order valence-electron chi connectivity index (χ3n) is 3.26. The molecule has 5 heteroatoms. The summed E-state index contributed by atoms with van der Waals surface area (Å²) < 4.78 is 12.4. The number of aromatic nitrogens is 2. The van der Waals surface area contributed by atoms with E-state index in [-0.39, 0.29) is 0 Å². The van der Waals surface area contributed by atoms with E-state index in [2.05, 4.69) is 11.1 Å². The number of nitriles is 1. The summed E-state index contributed by atoms with van der Waals surface area (Å²) in [4.78, 5) is 4.55. The molecule has 21 heavy (non-hydrogen) atoms. The first-order valence-electron chi connectivity index (χ1n) is 6.36. The highest BCUT2D eigenvalue weighted by Gasteiger charge is 2.09. The van der Waals surface area contributed by atoms with E-state index < -0.39 is 0 Å². The van der Waals surface area contributed by atoms with Crippen LogP contribution in [-0.4, -0.2) is 23.6 Å². The number of hydrogen-bond donors (Lipinski definition) is 0. The van der Waals surface area contributed by atoms with Crippen molar-refractivity contribution in [3.63, 3.8) is 0 Å². The van der Waals surface area contributed by atoms with Gasteiger partial charge < -0.3 is 13.9 Å². The molecule has 0 spiro atoms. The normalized spacial score (nSPS) is 10.3.